The van der Waals surface area contributed by atoms with Crippen molar-refractivity contribution in [3.63, 3.8) is 0 Å². The first kappa shape index (κ1) is 18.5. The van der Waals surface area contributed by atoms with E-state index in [9.17, 15) is 13.5 Å². The predicted octanol–water partition coefficient (Wildman–Crippen LogP) is 3.23. The number of benzene rings is 2. The van der Waals surface area contributed by atoms with Crippen LogP contribution in [-0.2, 0) is 16.4 Å². The lowest BCUT2D eigenvalue weighted by molar-refractivity contribution is -0.305. The number of para-hydroxylation sites is 1. The molecule has 0 saturated heterocycles. The Kier molecular flexibility index (Phi) is 4.83. The van der Waals surface area contributed by atoms with Gasteiger partial charge in [-0.2, -0.15) is 12.8 Å². The fraction of sp³-hybridized carbons (Fsp3) is 0.0952. The molecule has 0 aromatic heterocycles. The van der Waals surface area contributed by atoms with Crippen molar-refractivity contribution in [1.29, 1.82) is 0 Å². The zero-order chi connectivity index (χ0) is 19.7. The van der Waals surface area contributed by atoms with E-state index in [1.54, 1.807) is 23.1 Å². The molecule has 7 heteroatoms. The third-order valence-corrected chi connectivity index (χ3v) is 6.15. The van der Waals surface area contributed by atoms with Gasteiger partial charge in [-0.05, 0) is 54.3 Å². The first-order chi connectivity index (χ1) is 13.5. The van der Waals surface area contributed by atoms with Crippen molar-refractivity contribution in [2.24, 2.45) is 4.40 Å². The fourth-order valence-electron chi connectivity index (χ4n) is 3.22. The van der Waals surface area contributed by atoms with Gasteiger partial charge in [-0.3, -0.25) is 0 Å². The summed E-state index contributed by atoms with van der Waals surface area (Å²) in [6.45, 7) is 0.552. The van der Waals surface area contributed by atoms with Gasteiger partial charge in [-0.1, -0.05) is 48.0 Å². The molecule has 142 valence electrons. The van der Waals surface area contributed by atoms with Crippen LogP contribution in [0.25, 0.3) is 0 Å². The first-order valence-corrected chi connectivity index (χ1v) is 10.5. The fourth-order valence-corrected chi connectivity index (χ4v) is 4.35. The van der Waals surface area contributed by atoms with Crippen molar-refractivity contribution in [3.8, 4) is 0 Å². The monoisotopic (exact) mass is 411 g/mol. The van der Waals surface area contributed by atoms with Gasteiger partial charge in [0.2, 0.25) is 0 Å². The standard InChI is InChI=1S/C21H17ClN2O3S/c22-16-9-11-17(12-10-16)28(26,27)23-19-7-3-2-6-18(19)21(25)24-14-13-15-5-1-4-8-20(15)24/h1-12,25H,13-14H2/p-1. The molecule has 0 N–H and O–H groups in total. The Bertz CT molecular complexity index is 1150. The number of hydrogen-bond donors (Lipinski definition) is 0. The molecule has 4 rings (SSSR count). The van der Waals surface area contributed by atoms with Gasteiger partial charge in [-0.15, -0.1) is 0 Å². The Morgan fingerprint density at radius 1 is 1.04 bits per heavy atom. The molecule has 1 aliphatic heterocycles. The SMILES string of the molecule is O=S(=O)(N=C1C=CC=CC1=C([O-])N1CCc2ccccc21)c1ccc(Cl)cc1. The molecule has 0 bridgehead atoms. The molecule has 0 fully saturated rings. The minimum atomic E-state index is -3.97. The lowest BCUT2D eigenvalue weighted by Crippen LogP contribution is -2.31. The topological polar surface area (TPSA) is 72.8 Å². The molecule has 2 aromatic rings. The van der Waals surface area contributed by atoms with Gasteiger partial charge in [0.05, 0.1) is 10.6 Å². The molecule has 0 saturated carbocycles. The number of anilines is 1. The number of nitrogens with zero attached hydrogens (tertiary/aromatic N) is 2. The van der Waals surface area contributed by atoms with Gasteiger partial charge in [0.15, 0.2) is 0 Å². The lowest BCUT2D eigenvalue weighted by atomic mass is 10.1. The van der Waals surface area contributed by atoms with Crippen LogP contribution in [0.15, 0.2) is 93.6 Å². The van der Waals surface area contributed by atoms with Crippen LogP contribution in [0.4, 0.5) is 5.69 Å². The van der Waals surface area contributed by atoms with E-state index in [2.05, 4.69) is 4.40 Å². The summed E-state index contributed by atoms with van der Waals surface area (Å²) >= 11 is 5.83. The summed E-state index contributed by atoms with van der Waals surface area (Å²) in [5.41, 5.74) is 2.31. The molecule has 5 nitrogen and oxygen atoms in total. The second-order valence-electron chi connectivity index (χ2n) is 6.37. The quantitative estimate of drug-likeness (QED) is 0.727. The second kappa shape index (κ2) is 7.30. The van der Waals surface area contributed by atoms with Crippen LogP contribution in [0, 0.1) is 0 Å². The number of halogens is 1. The van der Waals surface area contributed by atoms with Gasteiger partial charge >= 0.3 is 0 Å². The van der Waals surface area contributed by atoms with E-state index in [-0.39, 0.29) is 22.1 Å². The first-order valence-electron chi connectivity index (χ1n) is 8.68. The highest BCUT2D eigenvalue weighted by Crippen LogP contribution is 2.31. The van der Waals surface area contributed by atoms with E-state index in [1.807, 2.05) is 24.3 Å². The van der Waals surface area contributed by atoms with Crippen LogP contribution >= 0.6 is 11.6 Å². The van der Waals surface area contributed by atoms with Crippen LogP contribution in [-0.4, -0.2) is 20.7 Å². The largest absolute Gasteiger partial charge is 0.860 e. The van der Waals surface area contributed by atoms with E-state index in [0.29, 0.717) is 11.6 Å². The third kappa shape index (κ3) is 3.48. The highest BCUT2D eigenvalue weighted by atomic mass is 35.5. The van der Waals surface area contributed by atoms with Gasteiger partial charge in [0.25, 0.3) is 10.0 Å². The van der Waals surface area contributed by atoms with Crippen molar-refractivity contribution in [2.45, 2.75) is 11.3 Å². The molecule has 2 aromatic carbocycles. The molecule has 0 atom stereocenters. The van der Waals surface area contributed by atoms with Crippen LogP contribution in [0.5, 0.6) is 0 Å². The molecule has 1 aliphatic carbocycles. The van der Waals surface area contributed by atoms with Crippen LogP contribution in [0.1, 0.15) is 5.56 Å². The molecular formula is C21H16ClN2O3S-. The van der Waals surface area contributed by atoms with Gasteiger partial charge in [0.1, 0.15) is 0 Å². The van der Waals surface area contributed by atoms with E-state index < -0.39 is 10.0 Å². The molecule has 0 radical (unpaired) electrons. The molecule has 1 heterocycles. The lowest BCUT2D eigenvalue weighted by Gasteiger charge is -2.30. The van der Waals surface area contributed by atoms with Crippen LogP contribution in [0.3, 0.4) is 0 Å². The number of allylic oxidation sites excluding steroid dienone is 5. The summed E-state index contributed by atoms with van der Waals surface area (Å²) in [6, 6.07) is 13.5. The number of hydrogen-bond acceptors (Lipinski definition) is 4. The zero-order valence-electron chi connectivity index (χ0n) is 14.7. The summed E-state index contributed by atoms with van der Waals surface area (Å²) in [5.74, 6) is -0.268. The van der Waals surface area contributed by atoms with Crippen LogP contribution < -0.4 is 10.0 Å². The predicted molar refractivity (Wildman–Crippen MR) is 109 cm³/mol. The summed E-state index contributed by atoms with van der Waals surface area (Å²) < 4.78 is 29.3. The minimum absolute atomic E-state index is 0.0191. The average Bonchev–Trinajstić information content (AvgIpc) is 3.12. The summed E-state index contributed by atoms with van der Waals surface area (Å²) in [4.78, 5) is 1.68. The van der Waals surface area contributed by atoms with Crippen molar-refractivity contribution in [1.82, 2.24) is 0 Å². The van der Waals surface area contributed by atoms with Crippen molar-refractivity contribution in [3.05, 3.63) is 94.9 Å². The van der Waals surface area contributed by atoms with E-state index in [0.717, 1.165) is 17.7 Å². The maximum absolute atomic E-state index is 13.2. The van der Waals surface area contributed by atoms with Crippen molar-refractivity contribution in [2.75, 3.05) is 11.4 Å². The molecule has 0 unspecified atom stereocenters. The van der Waals surface area contributed by atoms with Crippen LogP contribution in [0.2, 0.25) is 5.02 Å². The minimum Gasteiger partial charge on any atom is -0.860 e. The Balaban J connectivity index is 1.76. The zero-order valence-corrected chi connectivity index (χ0v) is 16.3. The normalized spacial score (nSPS) is 19.2. The highest BCUT2D eigenvalue weighted by molar-refractivity contribution is 7.90. The van der Waals surface area contributed by atoms with Crippen molar-refractivity contribution >= 4 is 33.0 Å². The maximum Gasteiger partial charge on any atom is 0.282 e. The maximum atomic E-state index is 13.2. The van der Waals surface area contributed by atoms with E-state index in [1.165, 1.54) is 30.3 Å². The van der Waals surface area contributed by atoms with Gasteiger partial charge in [-0.25, -0.2) is 0 Å². The van der Waals surface area contributed by atoms with E-state index >= 15 is 0 Å². The Morgan fingerprint density at radius 3 is 2.54 bits per heavy atom. The average molecular weight is 412 g/mol. The third-order valence-electron chi connectivity index (χ3n) is 4.60. The smallest absolute Gasteiger partial charge is 0.282 e. The molecule has 0 spiro atoms. The second-order valence-corrected chi connectivity index (χ2v) is 8.41. The number of rotatable bonds is 3. The summed E-state index contributed by atoms with van der Waals surface area (Å²) in [5, 5.41) is 13.6. The van der Waals surface area contributed by atoms with Gasteiger partial charge in [0, 0.05) is 22.8 Å². The van der Waals surface area contributed by atoms with Crippen molar-refractivity contribution < 1.29 is 13.5 Å². The Morgan fingerprint density at radius 2 is 1.75 bits per heavy atom. The Labute approximate surface area is 168 Å². The van der Waals surface area contributed by atoms with E-state index in [4.69, 9.17) is 11.6 Å². The van der Waals surface area contributed by atoms with Gasteiger partial charge < -0.3 is 10.0 Å². The number of fused-ring (bicyclic) bond motifs is 1. The highest BCUT2D eigenvalue weighted by Gasteiger charge is 2.21. The Hall–Kier alpha value is -2.83. The summed E-state index contributed by atoms with van der Waals surface area (Å²) in [7, 11) is -3.97. The molecular weight excluding hydrogens is 396 g/mol. The molecule has 28 heavy (non-hydrogen) atoms. The molecule has 0 amide bonds. The molecule has 2 aliphatic rings. The summed E-state index contributed by atoms with van der Waals surface area (Å²) in [6.07, 6.45) is 7.25. The number of sulfonamides is 1.